The molecule has 2 aromatic rings. The van der Waals surface area contributed by atoms with Gasteiger partial charge in [-0.3, -0.25) is 0 Å². The molecule has 136 valence electrons. The van der Waals surface area contributed by atoms with E-state index in [1.54, 1.807) is 30.3 Å². The second kappa shape index (κ2) is 8.98. The summed E-state index contributed by atoms with van der Waals surface area (Å²) in [6.45, 7) is -0.0313. The van der Waals surface area contributed by atoms with E-state index in [4.69, 9.17) is 14.8 Å². The van der Waals surface area contributed by atoms with Gasteiger partial charge in [-0.2, -0.15) is 0 Å². The molecule has 0 aliphatic carbocycles. The molecule has 0 aromatic heterocycles. The van der Waals surface area contributed by atoms with Gasteiger partial charge in [0.1, 0.15) is 18.5 Å². The highest BCUT2D eigenvalue weighted by Crippen LogP contribution is 2.09. The molecule has 0 fully saturated rings. The summed E-state index contributed by atoms with van der Waals surface area (Å²) in [5, 5.41) is 29.4. The van der Waals surface area contributed by atoms with Crippen molar-refractivity contribution < 1.29 is 33.9 Å². The molecule has 0 radical (unpaired) electrons. The molecule has 7 nitrogen and oxygen atoms in total. The molecular weight excluding hydrogens is 344 g/mol. The number of carbonyl (C=O) groups excluding carboxylic acids is 1. The van der Waals surface area contributed by atoms with Crippen LogP contribution in [-0.4, -0.2) is 40.4 Å². The Morgan fingerprint density at radius 2 is 1.85 bits per heavy atom. The lowest BCUT2D eigenvalue weighted by Crippen LogP contribution is -2.42. The predicted molar refractivity (Wildman–Crippen MR) is 91.1 cm³/mol. The van der Waals surface area contributed by atoms with Crippen LogP contribution in [0.2, 0.25) is 0 Å². The number of alkyl carbamates (subject to hydrolysis) is 1. The average Bonchev–Trinajstić information content (AvgIpc) is 2.61. The van der Waals surface area contributed by atoms with Gasteiger partial charge in [0.2, 0.25) is 0 Å². The van der Waals surface area contributed by atoms with E-state index in [0.717, 1.165) is 11.6 Å². The van der Waals surface area contributed by atoms with Crippen LogP contribution >= 0.6 is 0 Å². The molecule has 0 bridgehead atoms. The molecule has 0 aliphatic heterocycles. The van der Waals surface area contributed by atoms with Crippen molar-refractivity contribution >= 4 is 24.6 Å². The molecule has 0 aliphatic rings. The summed E-state index contributed by atoms with van der Waals surface area (Å²) in [5.74, 6) is -2.16. The summed E-state index contributed by atoms with van der Waals surface area (Å²) in [4.78, 5) is 23.1. The highest BCUT2D eigenvalue weighted by molar-refractivity contribution is 6.58. The van der Waals surface area contributed by atoms with Gasteiger partial charge >= 0.3 is 19.2 Å². The Bertz CT molecular complexity index is 771. The van der Waals surface area contributed by atoms with Crippen molar-refractivity contribution in [1.29, 1.82) is 0 Å². The van der Waals surface area contributed by atoms with Crippen LogP contribution in [0.5, 0.6) is 0 Å². The Labute approximate surface area is 149 Å². The minimum Gasteiger partial charge on any atom is -0.480 e. The summed E-state index contributed by atoms with van der Waals surface area (Å²) in [6, 6.07) is 10.8. The zero-order valence-corrected chi connectivity index (χ0v) is 13.6. The highest BCUT2D eigenvalue weighted by atomic mass is 19.1. The van der Waals surface area contributed by atoms with Crippen LogP contribution in [0.25, 0.3) is 0 Å². The van der Waals surface area contributed by atoms with Crippen LogP contribution < -0.4 is 10.8 Å². The Hall–Kier alpha value is -2.91. The SMILES string of the molecule is O=C(N[C@@H](Cc1ccc(B(O)O)cc1F)C(=O)O)OCc1ccccc1. The van der Waals surface area contributed by atoms with Crippen molar-refractivity contribution in [1.82, 2.24) is 5.32 Å². The van der Waals surface area contributed by atoms with Gasteiger partial charge in [0.15, 0.2) is 0 Å². The predicted octanol–water partition coefficient (Wildman–Crippen LogP) is 0.428. The second-order valence-electron chi connectivity index (χ2n) is 5.53. The third kappa shape index (κ3) is 5.57. The number of carboxylic acids is 1. The smallest absolute Gasteiger partial charge is 0.480 e. The van der Waals surface area contributed by atoms with Crippen LogP contribution in [0.3, 0.4) is 0 Å². The molecule has 2 rings (SSSR count). The molecule has 1 amide bonds. The van der Waals surface area contributed by atoms with Crippen LogP contribution in [0.15, 0.2) is 48.5 Å². The van der Waals surface area contributed by atoms with Gasteiger partial charge in [0.25, 0.3) is 0 Å². The maximum Gasteiger partial charge on any atom is 0.488 e. The lowest BCUT2D eigenvalue weighted by Gasteiger charge is -2.15. The third-order valence-electron chi connectivity index (χ3n) is 3.60. The maximum absolute atomic E-state index is 14.0. The molecule has 0 unspecified atom stereocenters. The van der Waals surface area contributed by atoms with Gasteiger partial charge in [-0.05, 0) is 22.7 Å². The van der Waals surface area contributed by atoms with Crippen molar-refractivity contribution in [3.8, 4) is 0 Å². The standard InChI is InChI=1S/C17H17BFNO6/c19-14-9-13(18(24)25)7-6-12(14)8-15(16(21)22)20-17(23)26-10-11-4-2-1-3-5-11/h1-7,9,15,24-25H,8,10H2,(H,20,23)(H,21,22)/t15-/m0/s1. The molecule has 0 saturated heterocycles. The Morgan fingerprint density at radius 1 is 1.15 bits per heavy atom. The fourth-order valence-electron chi connectivity index (χ4n) is 2.22. The quantitative estimate of drug-likeness (QED) is 0.532. The second-order valence-corrected chi connectivity index (χ2v) is 5.53. The van der Waals surface area contributed by atoms with E-state index in [1.807, 2.05) is 0 Å². The average molecular weight is 361 g/mol. The van der Waals surface area contributed by atoms with Gasteiger partial charge in [-0.25, -0.2) is 14.0 Å². The number of hydrogen-bond donors (Lipinski definition) is 4. The number of benzene rings is 2. The van der Waals surface area contributed by atoms with Crippen LogP contribution in [0.1, 0.15) is 11.1 Å². The van der Waals surface area contributed by atoms with Gasteiger partial charge in [0.05, 0.1) is 0 Å². The van der Waals surface area contributed by atoms with Crippen molar-refractivity contribution in [3.05, 3.63) is 65.5 Å². The summed E-state index contributed by atoms with van der Waals surface area (Å²) in [6.07, 6.45) is -1.27. The topological polar surface area (TPSA) is 116 Å². The van der Waals surface area contributed by atoms with Gasteiger partial charge in [-0.1, -0.05) is 42.5 Å². The number of rotatable bonds is 7. The van der Waals surface area contributed by atoms with Gasteiger partial charge < -0.3 is 25.2 Å². The zero-order chi connectivity index (χ0) is 19.1. The number of nitrogens with one attached hydrogen (secondary N) is 1. The molecule has 4 N–H and O–H groups in total. The van der Waals surface area contributed by atoms with Crippen LogP contribution in [0.4, 0.5) is 9.18 Å². The maximum atomic E-state index is 14.0. The zero-order valence-electron chi connectivity index (χ0n) is 13.6. The molecule has 26 heavy (non-hydrogen) atoms. The van der Waals surface area contributed by atoms with E-state index >= 15 is 0 Å². The largest absolute Gasteiger partial charge is 0.488 e. The number of ether oxygens (including phenoxy) is 1. The molecular formula is C17H17BFNO6. The van der Waals surface area contributed by atoms with E-state index in [2.05, 4.69) is 5.32 Å². The van der Waals surface area contributed by atoms with Crippen molar-refractivity contribution in [2.24, 2.45) is 0 Å². The number of halogens is 1. The fraction of sp³-hybridized carbons (Fsp3) is 0.176. The van der Waals surface area contributed by atoms with Gasteiger partial charge in [-0.15, -0.1) is 0 Å². The van der Waals surface area contributed by atoms with Crippen molar-refractivity contribution in [3.63, 3.8) is 0 Å². The third-order valence-corrected chi connectivity index (χ3v) is 3.60. The van der Waals surface area contributed by atoms with Crippen LogP contribution in [0, 0.1) is 5.82 Å². The first kappa shape index (κ1) is 19.4. The number of hydrogen-bond acceptors (Lipinski definition) is 5. The summed E-state index contributed by atoms with van der Waals surface area (Å²) in [5.41, 5.74) is 0.678. The monoisotopic (exact) mass is 361 g/mol. The molecule has 0 saturated carbocycles. The molecule has 1 atom stereocenters. The van der Waals surface area contributed by atoms with Crippen molar-refractivity contribution in [2.45, 2.75) is 19.1 Å². The molecule has 2 aromatic carbocycles. The first-order chi connectivity index (χ1) is 12.4. The number of amides is 1. The minimum atomic E-state index is -1.83. The Morgan fingerprint density at radius 3 is 2.42 bits per heavy atom. The van der Waals surface area contributed by atoms with E-state index in [1.165, 1.54) is 12.1 Å². The minimum absolute atomic E-state index is 0.00478. The first-order valence-corrected chi connectivity index (χ1v) is 7.71. The highest BCUT2D eigenvalue weighted by Gasteiger charge is 2.23. The Balaban J connectivity index is 1.98. The first-order valence-electron chi connectivity index (χ1n) is 7.71. The fourth-order valence-corrected chi connectivity index (χ4v) is 2.22. The summed E-state index contributed by atoms with van der Waals surface area (Å²) in [7, 11) is -1.83. The number of aliphatic carboxylic acids is 1. The number of carboxylic acid groups (broad SMARTS) is 1. The van der Waals surface area contributed by atoms with E-state index in [0.29, 0.717) is 0 Å². The summed E-state index contributed by atoms with van der Waals surface area (Å²) < 4.78 is 18.9. The number of carbonyl (C=O) groups is 2. The Kier molecular flexibility index (Phi) is 6.71. The van der Waals surface area contributed by atoms with Crippen LogP contribution in [-0.2, 0) is 22.6 Å². The van der Waals surface area contributed by atoms with E-state index in [9.17, 15) is 19.1 Å². The van der Waals surface area contributed by atoms with Crippen molar-refractivity contribution in [2.75, 3.05) is 0 Å². The summed E-state index contributed by atoms with van der Waals surface area (Å²) >= 11 is 0. The molecule has 0 spiro atoms. The van der Waals surface area contributed by atoms with Gasteiger partial charge in [0, 0.05) is 6.42 Å². The lowest BCUT2D eigenvalue weighted by molar-refractivity contribution is -0.139. The normalized spacial score (nSPS) is 11.5. The molecule has 0 heterocycles. The van der Waals surface area contributed by atoms with E-state index in [-0.39, 0.29) is 24.1 Å². The lowest BCUT2D eigenvalue weighted by atomic mass is 9.79. The molecule has 9 heteroatoms. The van der Waals surface area contributed by atoms with E-state index < -0.39 is 31.0 Å².